The summed E-state index contributed by atoms with van der Waals surface area (Å²) in [5.41, 5.74) is 3.34. The number of aliphatic carboxylic acids is 1. The van der Waals surface area contributed by atoms with Gasteiger partial charge < -0.3 is 14.7 Å². The largest absolute Gasteiger partial charge is 0.480 e. The van der Waals surface area contributed by atoms with E-state index < -0.39 is 18.1 Å². The van der Waals surface area contributed by atoms with E-state index in [1.54, 1.807) is 0 Å². The number of carbonyl (C=O) groups excluding carboxylic acids is 1. The molecule has 0 bridgehead atoms. The van der Waals surface area contributed by atoms with Crippen LogP contribution in [0, 0.1) is 13.8 Å². The highest BCUT2D eigenvalue weighted by atomic mass is 16.5. The molecule has 0 unspecified atom stereocenters. The maximum absolute atomic E-state index is 12.7. The van der Waals surface area contributed by atoms with Gasteiger partial charge in [-0.2, -0.15) is 0 Å². The van der Waals surface area contributed by atoms with Gasteiger partial charge in [0.25, 0.3) is 5.91 Å². The van der Waals surface area contributed by atoms with Gasteiger partial charge in [0.05, 0.1) is 0 Å². The van der Waals surface area contributed by atoms with Crippen LogP contribution in [0.5, 0.6) is 5.75 Å². The van der Waals surface area contributed by atoms with E-state index in [2.05, 4.69) is 6.07 Å². The first-order valence-electron chi connectivity index (χ1n) is 7.77. The highest BCUT2D eigenvalue weighted by molar-refractivity contribution is 5.87. The summed E-state index contributed by atoms with van der Waals surface area (Å²) in [6.07, 6.45) is 2.17. The number of hydrogen-bond acceptors (Lipinski definition) is 3. The molecule has 1 N–H and O–H groups in total. The number of ether oxygens (including phenoxy) is 1. The molecule has 3 rings (SSSR count). The summed E-state index contributed by atoms with van der Waals surface area (Å²) in [5.74, 6) is -0.362. The highest BCUT2D eigenvalue weighted by Gasteiger charge is 2.38. The molecular formula is C17H21NO4. The van der Waals surface area contributed by atoms with E-state index in [0.717, 1.165) is 29.7 Å². The van der Waals surface area contributed by atoms with Crippen molar-refractivity contribution in [3.63, 3.8) is 0 Å². The number of piperidine rings is 1. The topological polar surface area (TPSA) is 66.8 Å². The Balaban J connectivity index is 1.78. The molecule has 0 aliphatic carbocycles. The lowest BCUT2D eigenvalue weighted by Gasteiger charge is -2.34. The number of rotatable bonds is 2. The highest BCUT2D eigenvalue weighted by Crippen LogP contribution is 2.33. The van der Waals surface area contributed by atoms with Crippen molar-refractivity contribution in [3.05, 3.63) is 28.8 Å². The number of carbonyl (C=O) groups is 2. The molecular weight excluding hydrogens is 282 g/mol. The van der Waals surface area contributed by atoms with Crippen molar-refractivity contribution in [1.29, 1.82) is 0 Å². The Hall–Kier alpha value is -2.04. The van der Waals surface area contributed by atoms with E-state index in [9.17, 15) is 14.7 Å². The van der Waals surface area contributed by atoms with Gasteiger partial charge in [0.2, 0.25) is 0 Å². The fourth-order valence-corrected chi connectivity index (χ4v) is 3.29. The number of fused-ring (bicyclic) bond motifs is 1. The van der Waals surface area contributed by atoms with Gasteiger partial charge in [-0.3, -0.25) is 4.79 Å². The standard InChI is InChI=1S/C17H21NO4/c1-10-7-12-9-15(22-14(12)8-11(10)2)16(19)18-6-4-3-5-13(18)17(20)21/h7-8,13,15H,3-6,9H2,1-2H3,(H,20,21)/t13-,15-/m1/s1. The lowest BCUT2D eigenvalue weighted by molar-refractivity contribution is -0.155. The zero-order valence-electron chi connectivity index (χ0n) is 13.0. The molecule has 0 spiro atoms. The Labute approximate surface area is 129 Å². The van der Waals surface area contributed by atoms with Gasteiger partial charge in [-0.25, -0.2) is 4.79 Å². The van der Waals surface area contributed by atoms with Gasteiger partial charge in [-0.15, -0.1) is 0 Å². The van der Waals surface area contributed by atoms with E-state index >= 15 is 0 Å². The van der Waals surface area contributed by atoms with Crippen LogP contribution in [-0.2, 0) is 16.0 Å². The van der Waals surface area contributed by atoms with E-state index in [0.29, 0.717) is 19.4 Å². The van der Waals surface area contributed by atoms with Gasteiger partial charge in [0.1, 0.15) is 11.8 Å². The second-order valence-corrected chi connectivity index (χ2v) is 6.24. The minimum absolute atomic E-state index is 0.196. The summed E-state index contributed by atoms with van der Waals surface area (Å²) in [5, 5.41) is 9.31. The molecule has 0 radical (unpaired) electrons. The van der Waals surface area contributed by atoms with Crippen LogP contribution in [0.25, 0.3) is 0 Å². The van der Waals surface area contributed by atoms with Gasteiger partial charge in [0, 0.05) is 13.0 Å². The number of carboxylic acid groups (broad SMARTS) is 1. The predicted molar refractivity (Wildman–Crippen MR) is 81.0 cm³/mol. The summed E-state index contributed by atoms with van der Waals surface area (Å²) in [6, 6.07) is 3.31. The number of amides is 1. The fraction of sp³-hybridized carbons (Fsp3) is 0.529. The molecule has 1 saturated heterocycles. The summed E-state index contributed by atoms with van der Waals surface area (Å²) < 4.78 is 5.80. The Morgan fingerprint density at radius 3 is 2.68 bits per heavy atom. The van der Waals surface area contributed by atoms with Crippen LogP contribution in [0.1, 0.15) is 36.0 Å². The van der Waals surface area contributed by atoms with Gasteiger partial charge in [-0.05, 0) is 55.9 Å². The molecule has 2 aliphatic heterocycles. The van der Waals surface area contributed by atoms with Crippen molar-refractivity contribution in [2.24, 2.45) is 0 Å². The maximum Gasteiger partial charge on any atom is 0.326 e. The SMILES string of the molecule is Cc1cc2c(cc1C)O[C@@H](C(=O)N1CCCC[C@@H]1C(=O)O)C2. The van der Waals surface area contributed by atoms with E-state index in [1.165, 1.54) is 10.5 Å². The Bertz CT molecular complexity index is 594. The van der Waals surface area contributed by atoms with Crippen LogP contribution in [0.2, 0.25) is 0 Å². The third-order valence-electron chi connectivity index (χ3n) is 4.70. The molecule has 22 heavy (non-hydrogen) atoms. The molecule has 0 saturated carbocycles. The zero-order valence-corrected chi connectivity index (χ0v) is 13.0. The lowest BCUT2D eigenvalue weighted by Crippen LogP contribution is -2.52. The Kier molecular flexibility index (Phi) is 3.81. The second kappa shape index (κ2) is 5.63. The number of hydrogen-bond donors (Lipinski definition) is 1. The van der Waals surface area contributed by atoms with E-state index in [4.69, 9.17) is 4.74 Å². The van der Waals surface area contributed by atoms with Crippen LogP contribution in [-0.4, -0.2) is 40.6 Å². The van der Waals surface area contributed by atoms with Crippen molar-refractivity contribution in [2.45, 2.75) is 51.7 Å². The minimum atomic E-state index is -0.921. The lowest BCUT2D eigenvalue weighted by atomic mass is 9.99. The third-order valence-corrected chi connectivity index (χ3v) is 4.70. The zero-order chi connectivity index (χ0) is 15.9. The number of aryl methyl sites for hydroxylation is 2. The number of nitrogens with zero attached hydrogens (tertiary/aromatic N) is 1. The molecule has 2 heterocycles. The van der Waals surface area contributed by atoms with Crippen LogP contribution < -0.4 is 4.74 Å². The normalized spacial score (nSPS) is 23.8. The average Bonchev–Trinajstić information content (AvgIpc) is 2.89. The first-order chi connectivity index (χ1) is 10.5. The number of benzene rings is 1. The number of likely N-dealkylation sites (tertiary alicyclic amines) is 1. The predicted octanol–water partition coefficient (Wildman–Crippen LogP) is 2.07. The summed E-state index contributed by atoms with van der Waals surface area (Å²) in [7, 11) is 0. The monoisotopic (exact) mass is 303 g/mol. The molecule has 118 valence electrons. The fourth-order valence-electron chi connectivity index (χ4n) is 3.29. The molecule has 1 fully saturated rings. The van der Waals surface area contributed by atoms with Gasteiger partial charge in [0.15, 0.2) is 6.10 Å². The second-order valence-electron chi connectivity index (χ2n) is 6.24. The first kappa shape index (κ1) is 14.9. The van der Waals surface area contributed by atoms with Crippen molar-refractivity contribution in [3.8, 4) is 5.75 Å². The van der Waals surface area contributed by atoms with Crippen molar-refractivity contribution < 1.29 is 19.4 Å². The van der Waals surface area contributed by atoms with Crippen molar-refractivity contribution >= 4 is 11.9 Å². The van der Waals surface area contributed by atoms with Gasteiger partial charge >= 0.3 is 5.97 Å². The smallest absolute Gasteiger partial charge is 0.326 e. The van der Waals surface area contributed by atoms with Crippen molar-refractivity contribution in [2.75, 3.05) is 6.54 Å². The molecule has 1 aromatic carbocycles. The maximum atomic E-state index is 12.7. The van der Waals surface area contributed by atoms with Crippen LogP contribution in [0.4, 0.5) is 0 Å². The molecule has 2 atom stereocenters. The molecule has 5 heteroatoms. The number of carboxylic acids is 1. The Morgan fingerprint density at radius 2 is 1.95 bits per heavy atom. The first-order valence-corrected chi connectivity index (χ1v) is 7.77. The summed E-state index contributed by atoms with van der Waals surface area (Å²) >= 11 is 0. The van der Waals surface area contributed by atoms with Crippen LogP contribution in [0.15, 0.2) is 12.1 Å². The summed E-state index contributed by atoms with van der Waals surface area (Å²) in [6.45, 7) is 4.55. The van der Waals surface area contributed by atoms with Crippen LogP contribution >= 0.6 is 0 Å². The molecule has 0 aromatic heterocycles. The minimum Gasteiger partial charge on any atom is -0.480 e. The third kappa shape index (κ3) is 2.56. The Morgan fingerprint density at radius 1 is 1.23 bits per heavy atom. The van der Waals surface area contributed by atoms with Gasteiger partial charge in [-0.1, -0.05) is 6.07 Å². The molecule has 2 aliphatic rings. The molecule has 1 aromatic rings. The quantitative estimate of drug-likeness (QED) is 0.908. The summed E-state index contributed by atoms with van der Waals surface area (Å²) in [4.78, 5) is 25.5. The molecule has 1 amide bonds. The molecule has 5 nitrogen and oxygen atoms in total. The van der Waals surface area contributed by atoms with E-state index in [-0.39, 0.29) is 5.91 Å². The van der Waals surface area contributed by atoms with Crippen LogP contribution in [0.3, 0.4) is 0 Å². The van der Waals surface area contributed by atoms with Crippen molar-refractivity contribution in [1.82, 2.24) is 4.90 Å². The van der Waals surface area contributed by atoms with E-state index in [1.807, 2.05) is 19.9 Å². The average molecular weight is 303 g/mol.